The standard InChI is InChI=1S/C12H26N2O/c1-8(2)7-9(3)14-11(15)10(13)12(4,5)6/h8-10H,7,13H2,1-6H3,(H,14,15)/t9?,10-/m1/s1. The summed E-state index contributed by atoms with van der Waals surface area (Å²) in [7, 11) is 0. The van der Waals surface area contributed by atoms with E-state index in [9.17, 15) is 4.79 Å². The summed E-state index contributed by atoms with van der Waals surface area (Å²) < 4.78 is 0. The normalized spacial score (nSPS) is 16.3. The maximum absolute atomic E-state index is 11.7. The lowest BCUT2D eigenvalue weighted by atomic mass is 9.86. The van der Waals surface area contributed by atoms with Gasteiger partial charge in [0.25, 0.3) is 0 Å². The second-order valence-electron chi connectivity index (χ2n) is 5.88. The van der Waals surface area contributed by atoms with E-state index in [2.05, 4.69) is 19.2 Å². The Bertz CT molecular complexity index is 206. The van der Waals surface area contributed by atoms with Crippen molar-refractivity contribution in [2.24, 2.45) is 17.1 Å². The summed E-state index contributed by atoms with van der Waals surface area (Å²) in [5, 5.41) is 2.95. The van der Waals surface area contributed by atoms with Gasteiger partial charge in [-0.05, 0) is 24.7 Å². The maximum Gasteiger partial charge on any atom is 0.237 e. The Labute approximate surface area is 93.8 Å². The molecule has 0 radical (unpaired) electrons. The topological polar surface area (TPSA) is 55.1 Å². The summed E-state index contributed by atoms with van der Waals surface area (Å²) >= 11 is 0. The largest absolute Gasteiger partial charge is 0.352 e. The molecule has 0 aliphatic rings. The molecule has 0 saturated heterocycles. The third kappa shape index (κ3) is 5.78. The van der Waals surface area contributed by atoms with E-state index in [1.807, 2.05) is 27.7 Å². The summed E-state index contributed by atoms with van der Waals surface area (Å²) in [4.78, 5) is 11.7. The second kappa shape index (κ2) is 5.50. The fourth-order valence-corrected chi connectivity index (χ4v) is 1.49. The third-order valence-electron chi connectivity index (χ3n) is 2.43. The fourth-order valence-electron chi connectivity index (χ4n) is 1.49. The summed E-state index contributed by atoms with van der Waals surface area (Å²) in [5.74, 6) is 0.543. The van der Waals surface area contributed by atoms with Gasteiger partial charge in [-0.25, -0.2) is 0 Å². The predicted octanol–water partition coefficient (Wildman–Crippen LogP) is 1.91. The van der Waals surface area contributed by atoms with Gasteiger partial charge in [0.15, 0.2) is 0 Å². The molecule has 1 amide bonds. The Morgan fingerprint density at radius 3 is 2.07 bits per heavy atom. The molecule has 0 fully saturated rings. The van der Waals surface area contributed by atoms with Crippen molar-refractivity contribution < 1.29 is 4.79 Å². The van der Waals surface area contributed by atoms with Crippen LogP contribution in [0.3, 0.4) is 0 Å². The fraction of sp³-hybridized carbons (Fsp3) is 0.917. The van der Waals surface area contributed by atoms with Crippen LogP contribution in [0.4, 0.5) is 0 Å². The maximum atomic E-state index is 11.7. The van der Waals surface area contributed by atoms with Crippen molar-refractivity contribution in [1.29, 1.82) is 0 Å². The Balaban J connectivity index is 4.14. The molecule has 0 saturated carbocycles. The lowest BCUT2D eigenvalue weighted by Crippen LogP contribution is -2.51. The molecule has 2 atom stereocenters. The van der Waals surface area contributed by atoms with Gasteiger partial charge in [-0.3, -0.25) is 4.79 Å². The SMILES string of the molecule is CC(C)CC(C)NC(=O)[C@@H](N)C(C)(C)C. The third-order valence-corrected chi connectivity index (χ3v) is 2.43. The van der Waals surface area contributed by atoms with Crippen molar-refractivity contribution in [3.05, 3.63) is 0 Å². The highest BCUT2D eigenvalue weighted by Gasteiger charge is 2.28. The average Bonchev–Trinajstić information content (AvgIpc) is 1.99. The van der Waals surface area contributed by atoms with Gasteiger partial charge >= 0.3 is 0 Å². The van der Waals surface area contributed by atoms with Gasteiger partial charge in [0, 0.05) is 6.04 Å². The molecule has 0 aromatic rings. The summed E-state index contributed by atoms with van der Waals surface area (Å²) in [6.07, 6.45) is 0.989. The van der Waals surface area contributed by atoms with E-state index >= 15 is 0 Å². The molecule has 15 heavy (non-hydrogen) atoms. The first kappa shape index (κ1) is 14.4. The van der Waals surface area contributed by atoms with Crippen LogP contribution in [0.15, 0.2) is 0 Å². The molecular weight excluding hydrogens is 188 g/mol. The number of carbonyl (C=O) groups is 1. The van der Waals surface area contributed by atoms with Crippen LogP contribution in [0.2, 0.25) is 0 Å². The number of amides is 1. The van der Waals surface area contributed by atoms with Crippen LogP contribution in [0.25, 0.3) is 0 Å². The van der Waals surface area contributed by atoms with Crippen molar-refractivity contribution in [1.82, 2.24) is 5.32 Å². The van der Waals surface area contributed by atoms with E-state index in [-0.39, 0.29) is 17.4 Å². The number of hydrogen-bond acceptors (Lipinski definition) is 2. The molecule has 0 bridgehead atoms. The van der Waals surface area contributed by atoms with Gasteiger partial charge in [-0.1, -0.05) is 34.6 Å². The number of rotatable bonds is 4. The second-order valence-corrected chi connectivity index (χ2v) is 5.88. The Kier molecular flexibility index (Phi) is 5.29. The average molecular weight is 214 g/mol. The van der Waals surface area contributed by atoms with E-state index in [4.69, 9.17) is 5.73 Å². The van der Waals surface area contributed by atoms with Crippen LogP contribution in [0, 0.1) is 11.3 Å². The molecule has 0 heterocycles. The Hall–Kier alpha value is -0.570. The van der Waals surface area contributed by atoms with Crippen molar-refractivity contribution >= 4 is 5.91 Å². The van der Waals surface area contributed by atoms with E-state index in [1.54, 1.807) is 0 Å². The van der Waals surface area contributed by atoms with E-state index in [0.717, 1.165) is 6.42 Å². The number of nitrogens with two attached hydrogens (primary N) is 1. The van der Waals surface area contributed by atoms with Gasteiger partial charge < -0.3 is 11.1 Å². The van der Waals surface area contributed by atoms with Gasteiger partial charge in [-0.2, -0.15) is 0 Å². The van der Waals surface area contributed by atoms with Crippen molar-refractivity contribution in [3.63, 3.8) is 0 Å². The monoisotopic (exact) mass is 214 g/mol. The zero-order chi connectivity index (χ0) is 12.2. The van der Waals surface area contributed by atoms with Crippen LogP contribution >= 0.6 is 0 Å². The lowest BCUT2D eigenvalue weighted by Gasteiger charge is -2.27. The molecule has 0 spiro atoms. The van der Waals surface area contributed by atoms with Crippen LogP contribution in [0.1, 0.15) is 48.0 Å². The van der Waals surface area contributed by atoms with Gasteiger partial charge in [0.05, 0.1) is 6.04 Å². The van der Waals surface area contributed by atoms with Crippen LogP contribution in [-0.4, -0.2) is 18.0 Å². The van der Waals surface area contributed by atoms with Crippen molar-refractivity contribution in [3.8, 4) is 0 Å². The predicted molar refractivity (Wildman–Crippen MR) is 64.5 cm³/mol. The molecule has 1 unspecified atom stereocenters. The van der Waals surface area contributed by atoms with Crippen LogP contribution in [0.5, 0.6) is 0 Å². The molecule has 0 aromatic heterocycles. The van der Waals surface area contributed by atoms with E-state index in [0.29, 0.717) is 5.92 Å². The molecule has 90 valence electrons. The number of hydrogen-bond donors (Lipinski definition) is 2. The Morgan fingerprint density at radius 1 is 1.27 bits per heavy atom. The molecular formula is C12H26N2O. The minimum absolute atomic E-state index is 0.0457. The van der Waals surface area contributed by atoms with E-state index in [1.165, 1.54) is 0 Å². The quantitative estimate of drug-likeness (QED) is 0.751. The first-order valence-electron chi connectivity index (χ1n) is 5.70. The van der Waals surface area contributed by atoms with Gasteiger partial charge in [0.2, 0.25) is 5.91 Å². The van der Waals surface area contributed by atoms with Crippen molar-refractivity contribution in [2.75, 3.05) is 0 Å². The minimum atomic E-state index is -0.438. The summed E-state index contributed by atoms with van der Waals surface area (Å²) in [6, 6.07) is -0.238. The van der Waals surface area contributed by atoms with Gasteiger partial charge in [0.1, 0.15) is 0 Å². The molecule has 0 aliphatic heterocycles. The molecule has 0 rings (SSSR count). The zero-order valence-corrected chi connectivity index (χ0v) is 10.9. The molecule has 0 aliphatic carbocycles. The summed E-state index contributed by atoms with van der Waals surface area (Å²) in [5.41, 5.74) is 5.68. The zero-order valence-electron chi connectivity index (χ0n) is 10.9. The number of nitrogens with one attached hydrogen (secondary N) is 1. The highest BCUT2D eigenvalue weighted by Crippen LogP contribution is 2.17. The minimum Gasteiger partial charge on any atom is -0.352 e. The smallest absolute Gasteiger partial charge is 0.237 e. The van der Waals surface area contributed by atoms with Crippen LogP contribution < -0.4 is 11.1 Å². The van der Waals surface area contributed by atoms with Crippen LogP contribution in [-0.2, 0) is 4.79 Å². The summed E-state index contributed by atoms with van der Waals surface area (Å²) in [6.45, 7) is 12.2. The Morgan fingerprint density at radius 2 is 1.73 bits per heavy atom. The van der Waals surface area contributed by atoms with E-state index < -0.39 is 6.04 Å². The molecule has 3 N–H and O–H groups in total. The highest BCUT2D eigenvalue weighted by molar-refractivity contribution is 5.82. The van der Waals surface area contributed by atoms with Gasteiger partial charge in [-0.15, -0.1) is 0 Å². The van der Waals surface area contributed by atoms with Crippen molar-refractivity contribution in [2.45, 2.75) is 60.0 Å². The lowest BCUT2D eigenvalue weighted by molar-refractivity contribution is -0.125. The first-order valence-corrected chi connectivity index (χ1v) is 5.70. The first-order chi connectivity index (χ1) is 6.64. The highest BCUT2D eigenvalue weighted by atomic mass is 16.2. The molecule has 3 heteroatoms. The number of carbonyl (C=O) groups excluding carboxylic acids is 1. The molecule has 0 aromatic carbocycles. The molecule has 3 nitrogen and oxygen atoms in total.